The summed E-state index contributed by atoms with van der Waals surface area (Å²) < 4.78 is 46.8. The maximum absolute atomic E-state index is 14.4. The van der Waals surface area contributed by atoms with E-state index in [-0.39, 0.29) is 47.2 Å². The van der Waals surface area contributed by atoms with Gasteiger partial charge in [-0.15, -0.1) is 0 Å². The molecule has 0 saturated heterocycles. The van der Waals surface area contributed by atoms with Crippen LogP contribution in [0.25, 0.3) is 0 Å². The number of carbonyl (C=O) groups is 2. The third-order valence-corrected chi connectivity index (χ3v) is 9.89. The van der Waals surface area contributed by atoms with Gasteiger partial charge in [0.25, 0.3) is 21.8 Å². The minimum atomic E-state index is -3.99. The van der Waals surface area contributed by atoms with Crippen molar-refractivity contribution >= 4 is 27.5 Å². The number of aliphatic hydroxyl groups is 1. The second kappa shape index (κ2) is 16.8. The van der Waals surface area contributed by atoms with Crippen LogP contribution in [0.2, 0.25) is 0 Å². The van der Waals surface area contributed by atoms with Crippen LogP contribution in [-0.4, -0.2) is 93.8 Å². The number of methoxy groups -OCH3 is 1. The largest absolute Gasteiger partial charge is 0.497 e. The van der Waals surface area contributed by atoms with Crippen LogP contribution in [0.5, 0.6) is 11.5 Å². The van der Waals surface area contributed by atoms with E-state index in [9.17, 15) is 23.1 Å². The Morgan fingerprint density at radius 1 is 1.08 bits per heavy atom. The first-order valence-electron chi connectivity index (χ1n) is 16.2. The van der Waals surface area contributed by atoms with Crippen molar-refractivity contribution in [3.05, 3.63) is 83.9 Å². The van der Waals surface area contributed by atoms with E-state index in [1.807, 2.05) is 32.0 Å². The van der Waals surface area contributed by atoms with Crippen molar-refractivity contribution in [1.82, 2.24) is 9.80 Å². The first-order chi connectivity index (χ1) is 22.9. The number of likely N-dealkylation sites (N-methyl/N-ethyl adjacent to an activating group) is 1. The maximum Gasteiger partial charge on any atom is 0.261 e. The van der Waals surface area contributed by atoms with Gasteiger partial charge in [0.15, 0.2) is 0 Å². The molecule has 260 valence electrons. The van der Waals surface area contributed by atoms with E-state index in [4.69, 9.17) is 14.2 Å². The number of ether oxygens (including phenoxy) is 3. The van der Waals surface area contributed by atoms with E-state index in [0.717, 1.165) is 12.8 Å². The number of amides is 2. The van der Waals surface area contributed by atoms with Gasteiger partial charge in [-0.2, -0.15) is 0 Å². The van der Waals surface area contributed by atoms with Crippen molar-refractivity contribution in [3.8, 4) is 11.5 Å². The number of rotatable bonds is 9. The fourth-order valence-corrected chi connectivity index (χ4v) is 6.62. The lowest BCUT2D eigenvalue weighted by molar-refractivity contribution is -0.0149. The van der Waals surface area contributed by atoms with Crippen LogP contribution >= 0.6 is 0 Å². The van der Waals surface area contributed by atoms with E-state index < -0.39 is 28.1 Å². The molecule has 2 N–H and O–H groups in total. The molecule has 1 aliphatic heterocycles. The molecular weight excluding hydrogens is 634 g/mol. The van der Waals surface area contributed by atoms with Crippen LogP contribution in [0.3, 0.4) is 0 Å². The second-order valence-corrected chi connectivity index (χ2v) is 14.0. The minimum Gasteiger partial charge on any atom is -0.497 e. The van der Waals surface area contributed by atoms with Gasteiger partial charge >= 0.3 is 0 Å². The topological polar surface area (TPSA) is 135 Å². The Morgan fingerprint density at radius 2 is 1.79 bits per heavy atom. The summed E-state index contributed by atoms with van der Waals surface area (Å²) in [6, 6.07) is 19.1. The van der Waals surface area contributed by atoms with Crippen molar-refractivity contribution in [2.24, 2.45) is 5.92 Å². The second-order valence-electron chi connectivity index (χ2n) is 12.3. The van der Waals surface area contributed by atoms with E-state index in [2.05, 4.69) is 4.72 Å². The van der Waals surface area contributed by atoms with E-state index in [1.165, 1.54) is 25.3 Å². The highest BCUT2D eigenvalue weighted by Gasteiger charge is 2.31. The number of anilines is 1. The summed E-state index contributed by atoms with van der Waals surface area (Å²) in [5.41, 5.74) is 0.917. The molecule has 11 nitrogen and oxygen atoms in total. The highest BCUT2D eigenvalue weighted by atomic mass is 32.2. The average molecular weight is 682 g/mol. The molecule has 3 aromatic rings. The number of nitrogens with one attached hydrogen (secondary N) is 1. The average Bonchev–Trinajstić information content (AvgIpc) is 3.09. The van der Waals surface area contributed by atoms with Gasteiger partial charge in [0.1, 0.15) is 11.5 Å². The summed E-state index contributed by atoms with van der Waals surface area (Å²) in [6.45, 7) is 6.31. The molecule has 0 aromatic heterocycles. The zero-order valence-corrected chi connectivity index (χ0v) is 29.1. The molecule has 0 bridgehead atoms. The van der Waals surface area contributed by atoms with Gasteiger partial charge in [0.05, 0.1) is 42.4 Å². The normalized spacial score (nSPS) is 20.1. The fourth-order valence-electron chi connectivity index (χ4n) is 5.57. The zero-order valence-electron chi connectivity index (χ0n) is 28.3. The Morgan fingerprint density at radius 3 is 2.46 bits per heavy atom. The Kier molecular flexibility index (Phi) is 12.9. The molecule has 3 aromatic carbocycles. The minimum absolute atomic E-state index is 0.0330. The predicted octanol–water partition coefficient (Wildman–Crippen LogP) is 5.06. The molecule has 4 rings (SSSR count). The summed E-state index contributed by atoms with van der Waals surface area (Å²) in [5.74, 6) is 0.0387. The molecular formula is C36H47N3O8S. The third-order valence-electron chi connectivity index (χ3n) is 8.49. The van der Waals surface area contributed by atoms with Gasteiger partial charge in [0, 0.05) is 43.9 Å². The number of fused-ring (bicyclic) bond motifs is 1. The van der Waals surface area contributed by atoms with E-state index in [0.29, 0.717) is 36.6 Å². The van der Waals surface area contributed by atoms with Gasteiger partial charge in [-0.25, -0.2) is 8.42 Å². The number of benzene rings is 3. The lowest BCUT2D eigenvalue weighted by atomic mass is 10.0. The van der Waals surface area contributed by atoms with Crippen LogP contribution in [-0.2, 0) is 14.8 Å². The number of hydrogen-bond donors (Lipinski definition) is 2. The summed E-state index contributed by atoms with van der Waals surface area (Å²) in [7, 11) is -0.758. The first kappa shape index (κ1) is 36.7. The van der Waals surface area contributed by atoms with Crippen LogP contribution in [0.1, 0.15) is 60.7 Å². The van der Waals surface area contributed by atoms with Gasteiger partial charge in [-0.1, -0.05) is 25.1 Å². The number of nitrogens with zero attached hydrogens (tertiary/aromatic N) is 2. The number of sulfonamides is 1. The van der Waals surface area contributed by atoms with Gasteiger partial charge in [-0.05, 0) is 87.7 Å². The molecule has 0 unspecified atom stereocenters. The van der Waals surface area contributed by atoms with Gasteiger partial charge in [-0.3, -0.25) is 14.3 Å². The predicted molar refractivity (Wildman–Crippen MR) is 184 cm³/mol. The van der Waals surface area contributed by atoms with Crippen molar-refractivity contribution in [1.29, 1.82) is 0 Å². The fraction of sp³-hybridized carbons (Fsp3) is 0.444. The molecule has 0 fully saturated rings. The summed E-state index contributed by atoms with van der Waals surface area (Å²) in [4.78, 5) is 30.8. The summed E-state index contributed by atoms with van der Waals surface area (Å²) >= 11 is 0. The summed E-state index contributed by atoms with van der Waals surface area (Å²) in [6.07, 6.45) is 1.66. The zero-order chi connectivity index (χ0) is 34.8. The quantitative estimate of drug-likeness (QED) is 0.320. The molecule has 1 aliphatic rings. The van der Waals surface area contributed by atoms with Crippen LogP contribution in [0.4, 0.5) is 5.69 Å². The molecule has 1 heterocycles. The lowest BCUT2D eigenvalue weighted by Crippen LogP contribution is -2.48. The Bertz CT molecular complexity index is 1620. The Labute approximate surface area is 283 Å². The van der Waals surface area contributed by atoms with Crippen molar-refractivity contribution in [2.45, 2.75) is 63.2 Å². The van der Waals surface area contributed by atoms with E-state index in [1.54, 1.807) is 60.2 Å². The molecule has 2 amide bonds. The van der Waals surface area contributed by atoms with Crippen molar-refractivity contribution < 1.29 is 37.3 Å². The van der Waals surface area contributed by atoms with Gasteiger partial charge < -0.3 is 29.1 Å². The standard InChI is InChI=1S/C36H47N3O8S/c1-25-22-39(26(2)24-40)36(42)32-21-29(37-48(43,44)31-17-15-30(45-5)16-18-31)14-19-33(32)47-27(3)11-9-10-20-46-34(25)23-38(4)35(41)28-12-7-6-8-13-28/h6-8,12-19,21,25-27,34,37,40H,9-11,20,22-24H2,1-5H3/t25-,26-,27-,34+/m1/s1. The molecule has 0 radical (unpaired) electrons. The van der Waals surface area contributed by atoms with Crippen LogP contribution in [0, 0.1) is 5.92 Å². The number of carbonyl (C=O) groups excluding carboxylic acids is 2. The Hall–Kier alpha value is -4.13. The number of hydrogen-bond acceptors (Lipinski definition) is 8. The van der Waals surface area contributed by atoms with Crippen LogP contribution < -0.4 is 14.2 Å². The van der Waals surface area contributed by atoms with Crippen molar-refractivity contribution in [3.63, 3.8) is 0 Å². The van der Waals surface area contributed by atoms with Crippen LogP contribution in [0.15, 0.2) is 77.7 Å². The number of aliphatic hydroxyl groups excluding tert-OH is 1. The summed E-state index contributed by atoms with van der Waals surface area (Å²) in [5, 5.41) is 10.2. The smallest absolute Gasteiger partial charge is 0.261 e. The SMILES string of the molecule is COc1ccc(S(=O)(=O)Nc2ccc3c(c2)C(=O)N([C@H](C)CO)C[C@@H](C)[C@H](CN(C)C(=O)c2ccccc2)OCCCC[C@@H](C)O3)cc1. The highest BCUT2D eigenvalue weighted by molar-refractivity contribution is 7.92. The van der Waals surface area contributed by atoms with Crippen molar-refractivity contribution in [2.75, 3.05) is 45.2 Å². The molecule has 48 heavy (non-hydrogen) atoms. The van der Waals surface area contributed by atoms with Gasteiger partial charge in [0.2, 0.25) is 0 Å². The molecule has 0 spiro atoms. The maximum atomic E-state index is 14.4. The third kappa shape index (κ3) is 9.48. The first-order valence-corrected chi connectivity index (χ1v) is 17.7. The molecule has 12 heteroatoms. The molecule has 4 atom stereocenters. The molecule has 0 aliphatic carbocycles. The van der Waals surface area contributed by atoms with E-state index >= 15 is 0 Å². The lowest BCUT2D eigenvalue weighted by Gasteiger charge is -2.36. The Balaban J connectivity index is 1.65. The monoisotopic (exact) mass is 681 g/mol. The highest BCUT2D eigenvalue weighted by Crippen LogP contribution is 2.30. The molecule has 0 saturated carbocycles.